The second kappa shape index (κ2) is 6.53. The van der Waals surface area contributed by atoms with Crippen molar-refractivity contribution < 1.29 is 13.2 Å². The fraction of sp³-hybridized carbons (Fsp3) is 0.278. The van der Waals surface area contributed by atoms with Crippen LogP contribution < -0.4 is 5.32 Å². The standard InChI is InChI=1S/C18H20N4O3S/c1-11-9-17-20-16(10-12(2)22(17)21-11)18(23)19-13(3)14-5-7-15(8-6-14)26(4,24)25/h5-10,13H,1-4H3,(H,19,23)/t13-/m1/s1. The zero-order valence-corrected chi connectivity index (χ0v) is 15.8. The van der Waals surface area contributed by atoms with Crippen LogP contribution in [-0.2, 0) is 9.84 Å². The minimum Gasteiger partial charge on any atom is -0.344 e. The molecule has 7 nitrogen and oxygen atoms in total. The van der Waals surface area contributed by atoms with Gasteiger partial charge in [0.2, 0.25) is 0 Å². The van der Waals surface area contributed by atoms with E-state index >= 15 is 0 Å². The van der Waals surface area contributed by atoms with Crippen LogP contribution in [0.25, 0.3) is 5.65 Å². The van der Waals surface area contributed by atoms with Gasteiger partial charge in [-0.2, -0.15) is 5.10 Å². The van der Waals surface area contributed by atoms with Crippen LogP contribution >= 0.6 is 0 Å². The number of sulfone groups is 1. The second-order valence-electron chi connectivity index (χ2n) is 6.37. The monoisotopic (exact) mass is 372 g/mol. The van der Waals surface area contributed by atoms with Gasteiger partial charge in [-0.3, -0.25) is 4.79 Å². The Bertz CT molecular complexity index is 1090. The Morgan fingerprint density at radius 3 is 2.42 bits per heavy atom. The van der Waals surface area contributed by atoms with Crippen LogP contribution in [0, 0.1) is 13.8 Å². The number of carbonyl (C=O) groups is 1. The summed E-state index contributed by atoms with van der Waals surface area (Å²) in [5.41, 5.74) is 3.40. The Labute approximate surface area is 152 Å². The number of aromatic nitrogens is 3. The molecule has 0 saturated heterocycles. The first-order chi connectivity index (χ1) is 12.1. The summed E-state index contributed by atoms with van der Waals surface area (Å²) in [6.45, 7) is 5.57. The van der Waals surface area contributed by atoms with Crippen molar-refractivity contribution in [2.75, 3.05) is 6.26 Å². The van der Waals surface area contributed by atoms with E-state index in [0.29, 0.717) is 11.3 Å². The van der Waals surface area contributed by atoms with Crippen LogP contribution in [0.5, 0.6) is 0 Å². The second-order valence-corrected chi connectivity index (χ2v) is 8.39. The Morgan fingerprint density at radius 2 is 1.81 bits per heavy atom. The Hall–Kier alpha value is -2.74. The van der Waals surface area contributed by atoms with Gasteiger partial charge >= 0.3 is 0 Å². The minimum atomic E-state index is -3.24. The van der Waals surface area contributed by atoms with Gasteiger partial charge in [0.1, 0.15) is 5.69 Å². The van der Waals surface area contributed by atoms with E-state index in [1.54, 1.807) is 22.7 Å². The van der Waals surface area contributed by atoms with Gasteiger partial charge in [-0.15, -0.1) is 0 Å². The predicted molar refractivity (Wildman–Crippen MR) is 97.9 cm³/mol. The third-order valence-corrected chi connectivity index (χ3v) is 5.24. The molecule has 1 N–H and O–H groups in total. The molecule has 0 aliphatic carbocycles. The van der Waals surface area contributed by atoms with Crippen LogP contribution in [0.2, 0.25) is 0 Å². The molecule has 0 saturated carbocycles. The molecule has 0 bridgehead atoms. The summed E-state index contributed by atoms with van der Waals surface area (Å²) in [6.07, 6.45) is 1.16. The van der Waals surface area contributed by atoms with E-state index in [4.69, 9.17) is 0 Å². The first kappa shape index (κ1) is 18.1. The fourth-order valence-corrected chi connectivity index (χ4v) is 3.34. The maximum absolute atomic E-state index is 12.6. The number of aryl methyl sites for hydroxylation is 2. The van der Waals surface area contributed by atoms with E-state index in [1.807, 2.05) is 26.8 Å². The molecule has 0 fully saturated rings. The number of amides is 1. The van der Waals surface area contributed by atoms with E-state index in [1.165, 1.54) is 12.1 Å². The average molecular weight is 372 g/mol. The number of benzene rings is 1. The average Bonchev–Trinajstić information content (AvgIpc) is 2.95. The summed E-state index contributed by atoms with van der Waals surface area (Å²) in [7, 11) is -3.24. The van der Waals surface area contributed by atoms with Gasteiger partial charge in [-0.1, -0.05) is 12.1 Å². The smallest absolute Gasteiger partial charge is 0.270 e. The van der Waals surface area contributed by atoms with Crippen LogP contribution in [0.4, 0.5) is 0 Å². The maximum atomic E-state index is 12.6. The fourth-order valence-electron chi connectivity index (χ4n) is 2.71. The number of rotatable bonds is 4. The number of hydrogen-bond donors (Lipinski definition) is 1. The molecule has 8 heteroatoms. The lowest BCUT2D eigenvalue weighted by Crippen LogP contribution is -2.27. The highest BCUT2D eigenvalue weighted by Crippen LogP contribution is 2.17. The molecule has 26 heavy (non-hydrogen) atoms. The van der Waals surface area contributed by atoms with E-state index in [2.05, 4.69) is 15.4 Å². The summed E-state index contributed by atoms with van der Waals surface area (Å²) >= 11 is 0. The van der Waals surface area contributed by atoms with Gasteiger partial charge in [0.25, 0.3) is 5.91 Å². The number of nitrogens with zero attached hydrogens (tertiary/aromatic N) is 3. The summed E-state index contributed by atoms with van der Waals surface area (Å²) in [6, 6.07) is 9.69. The maximum Gasteiger partial charge on any atom is 0.270 e. The summed E-state index contributed by atoms with van der Waals surface area (Å²) < 4.78 is 24.8. The molecule has 1 amide bonds. The van der Waals surface area contributed by atoms with Crippen molar-refractivity contribution in [3.63, 3.8) is 0 Å². The highest BCUT2D eigenvalue weighted by Gasteiger charge is 2.16. The third-order valence-electron chi connectivity index (χ3n) is 4.12. The van der Waals surface area contributed by atoms with Crippen LogP contribution in [0.15, 0.2) is 41.3 Å². The molecule has 1 aromatic carbocycles. The first-order valence-electron chi connectivity index (χ1n) is 8.10. The van der Waals surface area contributed by atoms with Crippen LogP contribution in [0.1, 0.15) is 40.4 Å². The van der Waals surface area contributed by atoms with Crippen molar-refractivity contribution in [2.24, 2.45) is 0 Å². The van der Waals surface area contributed by atoms with Gasteiger partial charge in [0.15, 0.2) is 15.5 Å². The van der Waals surface area contributed by atoms with E-state index in [-0.39, 0.29) is 16.8 Å². The van der Waals surface area contributed by atoms with Crippen molar-refractivity contribution in [2.45, 2.75) is 31.7 Å². The van der Waals surface area contributed by atoms with Gasteiger partial charge in [-0.25, -0.2) is 17.9 Å². The number of hydrogen-bond acceptors (Lipinski definition) is 5. The topological polar surface area (TPSA) is 93.4 Å². The quantitative estimate of drug-likeness (QED) is 0.758. The van der Waals surface area contributed by atoms with Crippen molar-refractivity contribution in [3.05, 3.63) is 59.0 Å². The molecule has 0 radical (unpaired) electrons. The Kier molecular flexibility index (Phi) is 4.53. The summed E-state index contributed by atoms with van der Waals surface area (Å²) in [5, 5.41) is 7.21. The largest absolute Gasteiger partial charge is 0.344 e. The molecule has 1 atom stereocenters. The Morgan fingerprint density at radius 1 is 1.15 bits per heavy atom. The van der Waals surface area contributed by atoms with Crippen molar-refractivity contribution in [1.29, 1.82) is 0 Å². The number of carbonyl (C=O) groups excluding carboxylic acids is 1. The molecular weight excluding hydrogens is 352 g/mol. The molecule has 0 unspecified atom stereocenters. The first-order valence-corrected chi connectivity index (χ1v) is 9.99. The van der Waals surface area contributed by atoms with Gasteiger partial charge in [0.05, 0.1) is 16.6 Å². The van der Waals surface area contributed by atoms with E-state index < -0.39 is 9.84 Å². The molecule has 136 valence electrons. The van der Waals surface area contributed by atoms with Gasteiger partial charge in [0, 0.05) is 18.0 Å². The molecule has 2 aromatic heterocycles. The summed E-state index contributed by atoms with van der Waals surface area (Å²) in [4.78, 5) is 17.2. The molecule has 0 spiro atoms. The number of fused-ring (bicyclic) bond motifs is 1. The lowest BCUT2D eigenvalue weighted by molar-refractivity contribution is 0.0935. The van der Waals surface area contributed by atoms with E-state index in [0.717, 1.165) is 23.2 Å². The SMILES string of the molecule is Cc1cc2nc(C(=O)N[C@H](C)c3ccc(S(C)(=O)=O)cc3)cc(C)n2n1. The molecule has 3 aromatic rings. The molecule has 0 aliphatic rings. The van der Waals surface area contributed by atoms with Crippen molar-refractivity contribution >= 4 is 21.4 Å². The molecule has 3 rings (SSSR count). The zero-order valence-electron chi connectivity index (χ0n) is 15.0. The number of nitrogens with one attached hydrogen (secondary N) is 1. The lowest BCUT2D eigenvalue weighted by atomic mass is 10.1. The van der Waals surface area contributed by atoms with Crippen molar-refractivity contribution in [3.8, 4) is 0 Å². The van der Waals surface area contributed by atoms with Crippen molar-refractivity contribution in [1.82, 2.24) is 19.9 Å². The van der Waals surface area contributed by atoms with Gasteiger partial charge in [-0.05, 0) is 44.5 Å². The van der Waals surface area contributed by atoms with Crippen LogP contribution in [0.3, 0.4) is 0 Å². The van der Waals surface area contributed by atoms with Crippen LogP contribution in [-0.4, -0.2) is 35.2 Å². The predicted octanol–water partition coefficient (Wildman–Crippen LogP) is 2.24. The molecule has 2 heterocycles. The highest BCUT2D eigenvalue weighted by molar-refractivity contribution is 7.90. The minimum absolute atomic E-state index is 0.249. The summed E-state index contributed by atoms with van der Waals surface area (Å²) in [5.74, 6) is -0.297. The Balaban J connectivity index is 1.81. The van der Waals surface area contributed by atoms with E-state index in [9.17, 15) is 13.2 Å². The molecular formula is C18H20N4O3S. The zero-order chi connectivity index (χ0) is 19.1. The highest BCUT2D eigenvalue weighted by atomic mass is 32.2. The third kappa shape index (κ3) is 3.60. The normalized spacial score (nSPS) is 12.9. The molecule has 0 aliphatic heterocycles. The van der Waals surface area contributed by atoms with Gasteiger partial charge < -0.3 is 5.32 Å². The lowest BCUT2D eigenvalue weighted by Gasteiger charge is -2.15.